The molecule has 14 heteroatoms. The zero-order chi connectivity index (χ0) is 28.3. The molecule has 3 aromatic carbocycles. The molecule has 4 rings (SSSR count). The summed E-state index contributed by atoms with van der Waals surface area (Å²) in [5.41, 5.74) is -0.253. The molecule has 0 aliphatic heterocycles. The molecule has 0 aliphatic carbocycles. The lowest BCUT2D eigenvalue weighted by atomic mass is 10.1. The number of aliphatic hydroxyl groups is 1. The Labute approximate surface area is 237 Å². The van der Waals surface area contributed by atoms with Crippen molar-refractivity contribution in [2.75, 3.05) is 0 Å². The predicted octanol–water partition coefficient (Wildman–Crippen LogP) is 4.08. The zero-order valence-electron chi connectivity index (χ0n) is 20.2. The van der Waals surface area contributed by atoms with Crippen LogP contribution in [-0.4, -0.2) is 34.3 Å². The summed E-state index contributed by atoms with van der Waals surface area (Å²) < 4.78 is 35.8. The lowest BCUT2D eigenvalue weighted by Gasteiger charge is -2.17. The number of rotatable bonds is 9. The molecule has 0 spiro atoms. The van der Waals surface area contributed by atoms with E-state index in [0.717, 1.165) is 16.4 Å². The highest BCUT2D eigenvalue weighted by molar-refractivity contribution is 7.89. The summed E-state index contributed by atoms with van der Waals surface area (Å²) in [6.45, 7) is 1.19. The minimum atomic E-state index is -4.07. The van der Waals surface area contributed by atoms with E-state index in [1.165, 1.54) is 30.3 Å². The van der Waals surface area contributed by atoms with Gasteiger partial charge in [0.1, 0.15) is 11.9 Å². The molecule has 0 radical (unpaired) electrons. The van der Waals surface area contributed by atoms with Crippen molar-refractivity contribution in [2.45, 2.75) is 30.9 Å². The molecule has 0 saturated heterocycles. The number of nitrogens with one attached hydrogen (secondary N) is 2. The van der Waals surface area contributed by atoms with E-state index in [0.29, 0.717) is 11.4 Å². The van der Waals surface area contributed by atoms with Gasteiger partial charge in [0.2, 0.25) is 10.0 Å². The molecule has 1 heterocycles. The molecule has 10 nitrogen and oxygen atoms in total. The van der Waals surface area contributed by atoms with Crippen molar-refractivity contribution < 1.29 is 18.3 Å². The fourth-order valence-corrected chi connectivity index (χ4v) is 5.91. The summed E-state index contributed by atoms with van der Waals surface area (Å²) in [6.07, 6.45) is 1.33. The van der Waals surface area contributed by atoms with Crippen LogP contribution >= 0.6 is 34.8 Å². The minimum absolute atomic E-state index is 0.0104. The smallest absolute Gasteiger partial charge is 0.349 e. The number of halogens is 3. The maximum absolute atomic E-state index is 13.2. The third-order valence-electron chi connectivity index (χ3n) is 5.47. The van der Waals surface area contributed by atoms with Crippen LogP contribution in [0, 0.1) is 0 Å². The standard InChI is InChI=1S/C25H21Cl3N4O6S/c1-14(8-15-2-5-17(26)6-3-15)31-39(36,37)22-11-19(7-4-16(22)13-33)38-24-20(27)9-18(10-21(24)28)32-25(35)30-23(34)12-29-32/h2-7,9-12,14,31,33H,8,13H2,1H3,(H,30,34,35). The molecule has 0 fully saturated rings. The van der Waals surface area contributed by atoms with Gasteiger partial charge in [0.15, 0.2) is 5.75 Å². The third kappa shape index (κ3) is 6.88. The van der Waals surface area contributed by atoms with Gasteiger partial charge < -0.3 is 9.84 Å². The first-order valence-corrected chi connectivity index (χ1v) is 13.9. The highest BCUT2D eigenvalue weighted by Gasteiger charge is 2.23. The number of hydrogen-bond donors (Lipinski definition) is 3. The van der Waals surface area contributed by atoms with Gasteiger partial charge in [-0.25, -0.2) is 17.9 Å². The van der Waals surface area contributed by atoms with Gasteiger partial charge in [-0.05, 0) is 54.8 Å². The number of aromatic amines is 1. The normalized spacial score (nSPS) is 12.3. The Morgan fingerprint density at radius 3 is 2.33 bits per heavy atom. The fourth-order valence-electron chi connectivity index (χ4n) is 3.74. The first-order valence-electron chi connectivity index (χ1n) is 11.3. The highest BCUT2D eigenvalue weighted by Crippen LogP contribution is 2.38. The van der Waals surface area contributed by atoms with Gasteiger partial charge in [0.25, 0.3) is 5.56 Å². The Morgan fingerprint density at radius 2 is 1.72 bits per heavy atom. The van der Waals surface area contributed by atoms with Crippen LogP contribution in [0.25, 0.3) is 5.69 Å². The molecule has 1 aromatic heterocycles. The first-order chi connectivity index (χ1) is 18.5. The Morgan fingerprint density at radius 1 is 1.05 bits per heavy atom. The molecule has 4 aromatic rings. The Balaban J connectivity index is 1.60. The SMILES string of the molecule is CC(Cc1ccc(Cl)cc1)NS(=O)(=O)c1cc(Oc2c(Cl)cc(-n3ncc(=O)[nH]c3=O)cc2Cl)ccc1CO. The van der Waals surface area contributed by atoms with Crippen molar-refractivity contribution in [3.63, 3.8) is 0 Å². The van der Waals surface area contributed by atoms with Gasteiger partial charge in [-0.2, -0.15) is 9.78 Å². The number of nitrogens with zero attached hydrogens (tertiary/aromatic N) is 2. The van der Waals surface area contributed by atoms with Crippen LogP contribution in [0.1, 0.15) is 18.1 Å². The van der Waals surface area contributed by atoms with Crippen molar-refractivity contribution in [1.82, 2.24) is 19.5 Å². The number of H-pyrrole nitrogens is 1. The van der Waals surface area contributed by atoms with Gasteiger partial charge in [-0.15, -0.1) is 0 Å². The summed E-state index contributed by atoms with van der Waals surface area (Å²) in [5.74, 6) is 0.0672. The summed E-state index contributed by atoms with van der Waals surface area (Å²) in [4.78, 5) is 25.2. The third-order valence-corrected chi connectivity index (χ3v) is 7.96. The molecule has 3 N–H and O–H groups in total. The van der Waals surface area contributed by atoms with Crippen molar-refractivity contribution in [2.24, 2.45) is 0 Å². The van der Waals surface area contributed by atoms with Crippen molar-refractivity contribution in [3.8, 4) is 17.2 Å². The average molecular weight is 612 g/mol. The second-order valence-electron chi connectivity index (χ2n) is 8.47. The number of sulfonamides is 1. The van der Waals surface area contributed by atoms with E-state index < -0.39 is 33.9 Å². The topological polar surface area (TPSA) is 143 Å². The minimum Gasteiger partial charge on any atom is -0.454 e. The molecule has 0 saturated carbocycles. The van der Waals surface area contributed by atoms with E-state index in [4.69, 9.17) is 39.5 Å². The first kappa shape index (κ1) is 28.8. The van der Waals surface area contributed by atoms with E-state index in [2.05, 4.69) is 14.8 Å². The van der Waals surface area contributed by atoms with Crippen LogP contribution in [0.4, 0.5) is 0 Å². The molecule has 0 bridgehead atoms. The van der Waals surface area contributed by atoms with Gasteiger partial charge in [0.05, 0.1) is 27.2 Å². The van der Waals surface area contributed by atoms with E-state index in [1.54, 1.807) is 19.1 Å². The van der Waals surface area contributed by atoms with Gasteiger partial charge in [-0.1, -0.05) is 53.0 Å². The summed E-state index contributed by atoms with van der Waals surface area (Å²) in [5, 5.41) is 14.1. The van der Waals surface area contributed by atoms with Crippen molar-refractivity contribution in [3.05, 3.63) is 108 Å². The van der Waals surface area contributed by atoms with Crippen LogP contribution in [0.5, 0.6) is 11.5 Å². The Kier molecular flexibility index (Phi) is 8.80. The molecular formula is C25H21Cl3N4O6S. The second kappa shape index (κ2) is 11.9. The van der Waals surface area contributed by atoms with E-state index in [9.17, 15) is 23.1 Å². The van der Waals surface area contributed by atoms with E-state index >= 15 is 0 Å². The molecule has 0 aliphatic rings. The number of benzene rings is 3. The Hall–Kier alpha value is -3.19. The quantitative estimate of drug-likeness (QED) is 0.259. The molecule has 39 heavy (non-hydrogen) atoms. The van der Waals surface area contributed by atoms with Crippen LogP contribution < -0.4 is 20.7 Å². The van der Waals surface area contributed by atoms with Crippen molar-refractivity contribution >= 4 is 44.8 Å². The van der Waals surface area contributed by atoms with Crippen LogP contribution in [0.3, 0.4) is 0 Å². The Bertz CT molecular complexity index is 1720. The molecule has 1 atom stereocenters. The van der Waals surface area contributed by atoms with E-state index in [-0.39, 0.29) is 37.7 Å². The number of aromatic nitrogens is 3. The predicted molar refractivity (Wildman–Crippen MR) is 148 cm³/mol. The van der Waals surface area contributed by atoms with Crippen molar-refractivity contribution in [1.29, 1.82) is 0 Å². The van der Waals surface area contributed by atoms with Crippen LogP contribution in [0.15, 0.2) is 75.3 Å². The second-order valence-corrected chi connectivity index (χ2v) is 11.4. The van der Waals surface area contributed by atoms with Gasteiger partial charge in [0, 0.05) is 17.1 Å². The summed E-state index contributed by atoms with van der Waals surface area (Å²) >= 11 is 18.6. The monoisotopic (exact) mass is 610 g/mol. The summed E-state index contributed by atoms with van der Waals surface area (Å²) in [6, 6.07) is 13.4. The molecule has 1 unspecified atom stereocenters. The molecular weight excluding hydrogens is 591 g/mol. The maximum atomic E-state index is 13.2. The fraction of sp³-hybridized carbons (Fsp3) is 0.160. The van der Waals surface area contributed by atoms with Crippen LogP contribution in [-0.2, 0) is 23.1 Å². The van der Waals surface area contributed by atoms with Crippen LogP contribution in [0.2, 0.25) is 15.1 Å². The molecule has 0 amide bonds. The zero-order valence-corrected chi connectivity index (χ0v) is 23.3. The number of ether oxygens (including phenoxy) is 1. The average Bonchev–Trinajstić information content (AvgIpc) is 2.87. The van der Waals surface area contributed by atoms with E-state index in [1.807, 2.05) is 12.1 Å². The number of aliphatic hydroxyl groups excluding tert-OH is 1. The highest BCUT2D eigenvalue weighted by atomic mass is 35.5. The lowest BCUT2D eigenvalue weighted by molar-refractivity contribution is 0.278. The molecule has 204 valence electrons. The summed E-state index contributed by atoms with van der Waals surface area (Å²) in [7, 11) is -4.07. The van der Waals surface area contributed by atoms with Gasteiger partial charge in [-0.3, -0.25) is 9.78 Å². The lowest BCUT2D eigenvalue weighted by Crippen LogP contribution is -2.34. The maximum Gasteiger partial charge on any atom is 0.349 e. The van der Waals surface area contributed by atoms with Gasteiger partial charge >= 0.3 is 5.69 Å². The largest absolute Gasteiger partial charge is 0.454 e. The number of hydrogen-bond acceptors (Lipinski definition) is 7.